The van der Waals surface area contributed by atoms with Gasteiger partial charge in [0, 0.05) is 37.5 Å². The first-order valence-corrected chi connectivity index (χ1v) is 9.03. The number of aryl methyl sites for hydroxylation is 1. The molecule has 2 aromatic carbocycles. The van der Waals surface area contributed by atoms with Gasteiger partial charge in [-0.1, -0.05) is 29.8 Å². The smallest absolute Gasteiger partial charge is 0.311 e. The maximum Gasteiger partial charge on any atom is 0.311 e. The first-order valence-electron chi connectivity index (χ1n) is 9.03. The van der Waals surface area contributed by atoms with Gasteiger partial charge in [0.25, 0.3) is 0 Å². The third-order valence-electron chi connectivity index (χ3n) is 4.82. The molecule has 144 valence electrons. The second kappa shape index (κ2) is 8.83. The van der Waals surface area contributed by atoms with Crippen molar-refractivity contribution in [3.8, 4) is 5.75 Å². The monoisotopic (exact) mass is 371 g/mol. The van der Waals surface area contributed by atoms with Crippen molar-refractivity contribution in [2.24, 2.45) is 0 Å². The summed E-state index contributed by atoms with van der Waals surface area (Å²) in [5.41, 5.74) is 3.23. The molecule has 27 heavy (non-hydrogen) atoms. The van der Waals surface area contributed by atoms with E-state index in [1.54, 1.807) is 12.1 Å². The number of methoxy groups -OCH3 is 1. The normalized spacial score (nSPS) is 15.9. The predicted octanol–water partition coefficient (Wildman–Crippen LogP) is 3.40. The van der Waals surface area contributed by atoms with E-state index in [9.17, 15) is 10.1 Å². The van der Waals surface area contributed by atoms with E-state index in [4.69, 9.17) is 9.47 Å². The second-order valence-corrected chi connectivity index (χ2v) is 6.60. The zero-order chi connectivity index (χ0) is 19.2. The first kappa shape index (κ1) is 19.1. The zero-order valence-corrected chi connectivity index (χ0v) is 15.7. The third kappa shape index (κ3) is 4.75. The number of hydrogen-bond donors (Lipinski definition) is 1. The Kier molecular flexibility index (Phi) is 6.26. The SMILES string of the molecule is COc1cc(NCC(c2ccc(C)cc2)N2CCOCC2)ccc1[N+](=O)[O-]. The minimum Gasteiger partial charge on any atom is -0.490 e. The van der Waals surface area contributed by atoms with Crippen LogP contribution in [0.2, 0.25) is 0 Å². The molecule has 7 nitrogen and oxygen atoms in total. The highest BCUT2D eigenvalue weighted by atomic mass is 16.6. The fourth-order valence-corrected chi connectivity index (χ4v) is 3.29. The molecule has 1 saturated heterocycles. The Bertz CT molecular complexity index is 773. The zero-order valence-electron chi connectivity index (χ0n) is 15.7. The molecule has 0 radical (unpaired) electrons. The van der Waals surface area contributed by atoms with Crippen molar-refractivity contribution >= 4 is 11.4 Å². The van der Waals surface area contributed by atoms with Crippen LogP contribution in [0.3, 0.4) is 0 Å². The first-order chi connectivity index (χ1) is 13.1. The lowest BCUT2D eigenvalue weighted by atomic mass is 10.0. The number of morpholine rings is 1. The molecule has 1 heterocycles. The molecule has 1 fully saturated rings. The van der Waals surface area contributed by atoms with E-state index >= 15 is 0 Å². The van der Waals surface area contributed by atoms with Crippen LogP contribution in [-0.4, -0.2) is 49.8 Å². The Labute approximate surface area is 159 Å². The molecule has 1 N–H and O–H groups in total. The van der Waals surface area contributed by atoms with Gasteiger partial charge < -0.3 is 14.8 Å². The molecular formula is C20H25N3O4. The summed E-state index contributed by atoms with van der Waals surface area (Å²) in [4.78, 5) is 13.0. The van der Waals surface area contributed by atoms with Crippen LogP contribution in [-0.2, 0) is 4.74 Å². The van der Waals surface area contributed by atoms with Crippen molar-refractivity contribution in [2.45, 2.75) is 13.0 Å². The molecule has 0 aliphatic carbocycles. The van der Waals surface area contributed by atoms with Gasteiger partial charge in [0.05, 0.1) is 31.3 Å². The molecule has 0 bridgehead atoms. The van der Waals surface area contributed by atoms with Crippen LogP contribution in [0.5, 0.6) is 5.75 Å². The van der Waals surface area contributed by atoms with Crippen LogP contribution >= 0.6 is 0 Å². The molecule has 2 aromatic rings. The topological polar surface area (TPSA) is 76.9 Å². The number of rotatable bonds is 7. The van der Waals surface area contributed by atoms with Gasteiger partial charge in [-0.3, -0.25) is 15.0 Å². The summed E-state index contributed by atoms with van der Waals surface area (Å²) in [6.45, 7) is 5.98. The van der Waals surface area contributed by atoms with Crippen molar-refractivity contribution < 1.29 is 14.4 Å². The lowest BCUT2D eigenvalue weighted by Gasteiger charge is -2.35. The van der Waals surface area contributed by atoms with E-state index < -0.39 is 4.92 Å². The summed E-state index contributed by atoms with van der Waals surface area (Å²) in [7, 11) is 1.44. The fourth-order valence-electron chi connectivity index (χ4n) is 3.29. The third-order valence-corrected chi connectivity index (χ3v) is 4.82. The van der Waals surface area contributed by atoms with Gasteiger partial charge in [0.15, 0.2) is 5.75 Å². The van der Waals surface area contributed by atoms with E-state index in [0.29, 0.717) is 6.54 Å². The molecule has 0 amide bonds. The molecule has 1 aliphatic rings. The highest BCUT2D eigenvalue weighted by Gasteiger charge is 2.23. The van der Waals surface area contributed by atoms with Crippen molar-refractivity contribution in [2.75, 3.05) is 45.3 Å². The molecule has 7 heteroatoms. The van der Waals surface area contributed by atoms with Gasteiger partial charge in [-0.15, -0.1) is 0 Å². The van der Waals surface area contributed by atoms with Crippen molar-refractivity contribution in [3.05, 3.63) is 63.7 Å². The Morgan fingerprint density at radius 1 is 1.22 bits per heavy atom. The largest absolute Gasteiger partial charge is 0.490 e. The van der Waals surface area contributed by atoms with Crippen LogP contribution in [0.1, 0.15) is 17.2 Å². The van der Waals surface area contributed by atoms with E-state index in [1.807, 2.05) is 0 Å². The van der Waals surface area contributed by atoms with E-state index in [-0.39, 0.29) is 17.5 Å². The highest BCUT2D eigenvalue weighted by Crippen LogP contribution is 2.30. The van der Waals surface area contributed by atoms with Crippen LogP contribution in [0, 0.1) is 17.0 Å². The number of anilines is 1. The molecule has 0 spiro atoms. The van der Waals surface area contributed by atoms with Crippen LogP contribution in [0.4, 0.5) is 11.4 Å². The summed E-state index contributed by atoms with van der Waals surface area (Å²) in [6, 6.07) is 13.6. The van der Waals surface area contributed by atoms with E-state index in [1.165, 1.54) is 24.3 Å². The van der Waals surface area contributed by atoms with Crippen molar-refractivity contribution in [1.29, 1.82) is 0 Å². The molecule has 0 saturated carbocycles. The lowest BCUT2D eigenvalue weighted by molar-refractivity contribution is -0.385. The highest BCUT2D eigenvalue weighted by molar-refractivity contribution is 5.58. The Hall–Kier alpha value is -2.64. The number of nitro groups is 1. The summed E-state index contributed by atoms with van der Waals surface area (Å²) in [5.74, 6) is 0.253. The number of nitrogens with zero attached hydrogens (tertiary/aromatic N) is 2. The minimum absolute atomic E-state index is 0.0358. The number of nitrogens with one attached hydrogen (secondary N) is 1. The summed E-state index contributed by atoms with van der Waals surface area (Å²) < 4.78 is 10.7. The van der Waals surface area contributed by atoms with E-state index in [0.717, 1.165) is 32.0 Å². The van der Waals surface area contributed by atoms with Crippen LogP contribution in [0.15, 0.2) is 42.5 Å². The Morgan fingerprint density at radius 2 is 1.93 bits per heavy atom. The van der Waals surface area contributed by atoms with Crippen molar-refractivity contribution in [3.63, 3.8) is 0 Å². The van der Waals surface area contributed by atoms with Gasteiger partial charge >= 0.3 is 5.69 Å². The molecular weight excluding hydrogens is 346 g/mol. The molecule has 0 aromatic heterocycles. The summed E-state index contributed by atoms with van der Waals surface area (Å²) in [5, 5.41) is 14.5. The fraction of sp³-hybridized carbons (Fsp3) is 0.400. The predicted molar refractivity (Wildman–Crippen MR) is 104 cm³/mol. The number of ether oxygens (including phenoxy) is 2. The summed E-state index contributed by atoms with van der Waals surface area (Å²) in [6.07, 6.45) is 0. The maximum absolute atomic E-state index is 11.1. The van der Waals surface area contributed by atoms with Gasteiger partial charge in [0.2, 0.25) is 0 Å². The van der Waals surface area contributed by atoms with Crippen LogP contribution in [0.25, 0.3) is 0 Å². The van der Waals surface area contributed by atoms with Gasteiger partial charge in [-0.05, 0) is 18.6 Å². The van der Waals surface area contributed by atoms with Crippen molar-refractivity contribution in [1.82, 2.24) is 4.90 Å². The number of nitro benzene ring substituents is 1. The quantitative estimate of drug-likeness (QED) is 0.594. The molecule has 1 aliphatic heterocycles. The standard InChI is InChI=1S/C20H25N3O4/c1-15-3-5-16(6-4-15)19(22-9-11-27-12-10-22)14-21-17-7-8-18(23(24)25)20(13-17)26-2/h3-8,13,19,21H,9-12,14H2,1-2H3. The lowest BCUT2D eigenvalue weighted by Crippen LogP contribution is -2.41. The van der Waals surface area contributed by atoms with Crippen LogP contribution < -0.4 is 10.1 Å². The molecule has 1 atom stereocenters. The number of benzene rings is 2. The van der Waals surface area contributed by atoms with Gasteiger partial charge in [0.1, 0.15) is 0 Å². The van der Waals surface area contributed by atoms with Gasteiger partial charge in [-0.25, -0.2) is 0 Å². The number of hydrogen-bond acceptors (Lipinski definition) is 6. The summed E-state index contributed by atoms with van der Waals surface area (Å²) >= 11 is 0. The molecule has 1 unspecified atom stereocenters. The average Bonchev–Trinajstić information content (AvgIpc) is 2.70. The maximum atomic E-state index is 11.1. The average molecular weight is 371 g/mol. The minimum atomic E-state index is -0.439. The Morgan fingerprint density at radius 3 is 2.56 bits per heavy atom. The van der Waals surface area contributed by atoms with E-state index in [2.05, 4.69) is 41.4 Å². The second-order valence-electron chi connectivity index (χ2n) is 6.60. The van der Waals surface area contributed by atoms with Gasteiger partial charge in [-0.2, -0.15) is 0 Å². The molecule has 3 rings (SSSR count). The Balaban J connectivity index is 1.78.